The number of nitrogens with zero attached hydrogens (tertiary/aromatic N) is 1. The first-order chi connectivity index (χ1) is 9.15. The molecule has 3 N–H and O–H groups in total. The van der Waals surface area contributed by atoms with Crippen molar-refractivity contribution in [2.24, 2.45) is 5.84 Å². The molecule has 0 saturated carbocycles. The van der Waals surface area contributed by atoms with Gasteiger partial charge in [0.1, 0.15) is 0 Å². The van der Waals surface area contributed by atoms with E-state index in [0.717, 1.165) is 31.7 Å². The molecule has 1 rings (SSSR count). The van der Waals surface area contributed by atoms with Crippen LogP contribution < -0.4 is 11.3 Å². The number of carbonyl (C=O) groups excluding carboxylic acids is 1. The van der Waals surface area contributed by atoms with Gasteiger partial charge in [-0.1, -0.05) is 24.3 Å². The number of benzene rings is 1. The summed E-state index contributed by atoms with van der Waals surface area (Å²) in [4.78, 5) is 13.4. The second-order valence-corrected chi connectivity index (χ2v) is 4.64. The molecular formula is C14H23N3O2. The Bertz CT molecular complexity index is 379. The number of nitrogens with two attached hydrogens (primary N) is 1. The molecule has 5 nitrogen and oxygen atoms in total. The van der Waals surface area contributed by atoms with Crippen molar-refractivity contribution in [1.82, 2.24) is 10.3 Å². The van der Waals surface area contributed by atoms with E-state index in [0.29, 0.717) is 6.42 Å². The highest BCUT2D eigenvalue weighted by atomic mass is 16.5. The normalized spacial score (nSPS) is 10.7. The third-order valence-corrected chi connectivity index (χ3v) is 2.89. The maximum Gasteiger partial charge on any atom is 0.238 e. The molecule has 0 aliphatic heterocycles. The van der Waals surface area contributed by atoms with E-state index >= 15 is 0 Å². The predicted molar refractivity (Wildman–Crippen MR) is 75.3 cm³/mol. The third kappa shape index (κ3) is 6.33. The predicted octanol–water partition coefficient (Wildman–Crippen LogP) is 0.687. The van der Waals surface area contributed by atoms with Crippen LogP contribution in [-0.4, -0.2) is 38.1 Å². The second-order valence-electron chi connectivity index (χ2n) is 4.64. The van der Waals surface area contributed by atoms with Gasteiger partial charge in [0, 0.05) is 26.8 Å². The number of hydrazine groups is 1. The Labute approximate surface area is 114 Å². The van der Waals surface area contributed by atoms with E-state index in [9.17, 15) is 4.79 Å². The minimum Gasteiger partial charge on any atom is -0.385 e. The fourth-order valence-electron chi connectivity index (χ4n) is 1.87. The highest BCUT2D eigenvalue weighted by Gasteiger charge is 2.03. The van der Waals surface area contributed by atoms with Crippen molar-refractivity contribution in [2.45, 2.75) is 19.4 Å². The van der Waals surface area contributed by atoms with Crippen LogP contribution in [0.1, 0.15) is 17.5 Å². The summed E-state index contributed by atoms with van der Waals surface area (Å²) in [7, 11) is 3.81. The number of amides is 1. The smallest absolute Gasteiger partial charge is 0.238 e. The summed E-state index contributed by atoms with van der Waals surface area (Å²) in [6.45, 7) is 2.69. The fourth-order valence-corrected chi connectivity index (χ4v) is 1.87. The highest BCUT2D eigenvalue weighted by Crippen LogP contribution is 2.07. The lowest BCUT2D eigenvalue weighted by Crippen LogP contribution is -2.31. The van der Waals surface area contributed by atoms with Gasteiger partial charge in [0.2, 0.25) is 5.91 Å². The van der Waals surface area contributed by atoms with Crippen molar-refractivity contribution in [3.05, 3.63) is 35.4 Å². The molecule has 0 aliphatic carbocycles. The maximum absolute atomic E-state index is 11.1. The van der Waals surface area contributed by atoms with E-state index in [4.69, 9.17) is 10.6 Å². The van der Waals surface area contributed by atoms with Crippen LogP contribution in [0.2, 0.25) is 0 Å². The molecule has 1 aromatic rings. The minimum absolute atomic E-state index is 0.176. The molecule has 5 heteroatoms. The molecule has 106 valence electrons. The standard InChI is InChI=1S/C14H23N3O2/c1-17(8-3-9-19-2)11-13-6-4-12(5-7-13)10-14(18)16-15/h4-7H,3,8-11,15H2,1-2H3,(H,16,18). The van der Waals surface area contributed by atoms with Crippen molar-refractivity contribution in [3.63, 3.8) is 0 Å². The Hall–Kier alpha value is -1.43. The zero-order chi connectivity index (χ0) is 14.1. The van der Waals surface area contributed by atoms with Crippen LogP contribution in [0.3, 0.4) is 0 Å². The molecule has 0 aromatic heterocycles. The van der Waals surface area contributed by atoms with Gasteiger partial charge >= 0.3 is 0 Å². The molecule has 0 aliphatic rings. The molecule has 0 radical (unpaired) electrons. The van der Waals surface area contributed by atoms with Crippen molar-refractivity contribution >= 4 is 5.91 Å². The fraction of sp³-hybridized carbons (Fsp3) is 0.500. The van der Waals surface area contributed by atoms with E-state index in [2.05, 4.69) is 17.4 Å². The molecule has 1 amide bonds. The largest absolute Gasteiger partial charge is 0.385 e. The van der Waals surface area contributed by atoms with Crippen LogP contribution in [0.5, 0.6) is 0 Å². The Morgan fingerprint density at radius 3 is 2.53 bits per heavy atom. The van der Waals surface area contributed by atoms with Crippen LogP contribution >= 0.6 is 0 Å². The van der Waals surface area contributed by atoms with Crippen molar-refractivity contribution < 1.29 is 9.53 Å². The van der Waals surface area contributed by atoms with E-state index < -0.39 is 0 Å². The third-order valence-electron chi connectivity index (χ3n) is 2.89. The lowest BCUT2D eigenvalue weighted by atomic mass is 10.1. The number of rotatable bonds is 8. The van der Waals surface area contributed by atoms with Gasteiger partial charge < -0.3 is 9.64 Å². The van der Waals surface area contributed by atoms with E-state index in [1.54, 1.807) is 7.11 Å². The average Bonchev–Trinajstić information content (AvgIpc) is 2.41. The van der Waals surface area contributed by atoms with Gasteiger partial charge in [-0.2, -0.15) is 0 Å². The molecule has 0 atom stereocenters. The molecule has 0 fully saturated rings. The number of nitrogens with one attached hydrogen (secondary N) is 1. The zero-order valence-corrected chi connectivity index (χ0v) is 11.7. The van der Waals surface area contributed by atoms with Crippen LogP contribution in [-0.2, 0) is 22.5 Å². The van der Waals surface area contributed by atoms with Gasteiger partial charge in [0.25, 0.3) is 0 Å². The summed E-state index contributed by atoms with van der Waals surface area (Å²) in [5, 5.41) is 0. The lowest BCUT2D eigenvalue weighted by molar-refractivity contribution is -0.120. The van der Waals surface area contributed by atoms with Gasteiger partial charge in [0.05, 0.1) is 6.42 Å². The summed E-state index contributed by atoms with van der Waals surface area (Å²) >= 11 is 0. The molecule has 19 heavy (non-hydrogen) atoms. The van der Waals surface area contributed by atoms with E-state index in [1.807, 2.05) is 24.3 Å². The molecule has 0 unspecified atom stereocenters. The Morgan fingerprint density at radius 2 is 1.95 bits per heavy atom. The van der Waals surface area contributed by atoms with Gasteiger partial charge in [-0.05, 0) is 24.6 Å². The lowest BCUT2D eigenvalue weighted by Gasteiger charge is -2.16. The molecule has 0 spiro atoms. The molecule has 1 aromatic carbocycles. The van der Waals surface area contributed by atoms with Crippen LogP contribution in [0.15, 0.2) is 24.3 Å². The second kappa shape index (κ2) is 8.63. The van der Waals surface area contributed by atoms with Crippen molar-refractivity contribution in [1.29, 1.82) is 0 Å². The minimum atomic E-state index is -0.176. The van der Waals surface area contributed by atoms with Crippen LogP contribution in [0, 0.1) is 0 Å². The van der Waals surface area contributed by atoms with Crippen LogP contribution in [0.25, 0.3) is 0 Å². The highest BCUT2D eigenvalue weighted by molar-refractivity contribution is 5.77. The maximum atomic E-state index is 11.1. The number of methoxy groups -OCH3 is 1. The van der Waals surface area contributed by atoms with E-state index in [-0.39, 0.29) is 5.91 Å². The SMILES string of the molecule is COCCCN(C)Cc1ccc(CC(=O)NN)cc1. The topological polar surface area (TPSA) is 67.6 Å². The first kappa shape index (κ1) is 15.6. The zero-order valence-electron chi connectivity index (χ0n) is 11.7. The number of hydrogen-bond acceptors (Lipinski definition) is 4. The number of hydrogen-bond donors (Lipinski definition) is 2. The summed E-state index contributed by atoms with van der Waals surface area (Å²) in [5.74, 6) is 4.88. The summed E-state index contributed by atoms with van der Waals surface area (Å²) < 4.78 is 5.03. The van der Waals surface area contributed by atoms with Gasteiger partial charge in [0.15, 0.2) is 0 Å². The summed E-state index contributed by atoms with van der Waals surface area (Å²) in [5.41, 5.74) is 4.33. The quantitative estimate of drug-likeness (QED) is 0.314. The summed E-state index contributed by atoms with van der Waals surface area (Å²) in [6.07, 6.45) is 1.35. The van der Waals surface area contributed by atoms with Gasteiger partial charge in [-0.3, -0.25) is 10.2 Å². The van der Waals surface area contributed by atoms with Crippen molar-refractivity contribution in [3.8, 4) is 0 Å². The first-order valence-corrected chi connectivity index (χ1v) is 6.40. The summed E-state index contributed by atoms with van der Waals surface area (Å²) in [6, 6.07) is 8.03. The van der Waals surface area contributed by atoms with Crippen LogP contribution in [0.4, 0.5) is 0 Å². The molecular weight excluding hydrogens is 242 g/mol. The first-order valence-electron chi connectivity index (χ1n) is 6.40. The average molecular weight is 265 g/mol. The van der Waals surface area contributed by atoms with Crippen molar-refractivity contribution in [2.75, 3.05) is 27.3 Å². The van der Waals surface area contributed by atoms with Gasteiger partial charge in [-0.25, -0.2) is 5.84 Å². The van der Waals surface area contributed by atoms with E-state index in [1.165, 1.54) is 5.56 Å². The molecule has 0 bridgehead atoms. The Balaban J connectivity index is 2.41. The Morgan fingerprint density at radius 1 is 1.32 bits per heavy atom. The number of carbonyl (C=O) groups is 1. The molecule has 0 heterocycles. The Kier molecular flexibility index (Phi) is 7.10. The molecule has 0 saturated heterocycles. The monoisotopic (exact) mass is 265 g/mol. The van der Waals surface area contributed by atoms with Gasteiger partial charge in [-0.15, -0.1) is 0 Å². The number of ether oxygens (including phenoxy) is 1.